The molecule has 6 nitrogen and oxygen atoms in total. The lowest BCUT2D eigenvalue weighted by atomic mass is 10.3. The number of anilines is 2. The Morgan fingerprint density at radius 2 is 1.96 bits per heavy atom. The maximum absolute atomic E-state index is 12.1. The first kappa shape index (κ1) is 16.4. The highest BCUT2D eigenvalue weighted by Gasteiger charge is 2.13. The summed E-state index contributed by atoms with van der Waals surface area (Å²) in [6, 6.07) is 16.5. The van der Waals surface area contributed by atoms with Gasteiger partial charge in [-0.15, -0.1) is 10.2 Å². The van der Waals surface area contributed by atoms with E-state index in [1.54, 1.807) is 28.8 Å². The van der Waals surface area contributed by atoms with Gasteiger partial charge in [-0.1, -0.05) is 47.6 Å². The van der Waals surface area contributed by atoms with Gasteiger partial charge in [0.05, 0.1) is 11.4 Å². The van der Waals surface area contributed by atoms with E-state index < -0.39 is 0 Å². The van der Waals surface area contributed by atoms with Crippen LogP contribution in [0.1, 0.15) is 0 Å². The van der Waals surface area contributed by atoms with Crippen molar-refractivity contribution in [2.75, 3.05) is 16.8 Å². The van der Waals surface area contributed by atoms with Crippen molar-refractivity contribution >= 4 is 40.9 Å². The second-order valence-corrected chi connectivity index (χ2v) is 6.24. The molecule has 0 aliphatic heterocycles. The van der Waals surface area contributed by atoms with Crippen molar-refractivity contribution < 1.29 is 4.79 Å². The molecule has 1 aromatic heterocycles. The van der Waals surface area contributed by atoms with Crippen molar-refractivity contribution in [2.45, 2.75) is 5.16 Å². The minimum absolute atomic E-state index is 0.163. The summed E-state index contributed by atoms with van der Waals surface area (Å²) in [5, 5.41) is 11.8. The molecule has 0 saturated heterocycles. The molecule has 2 aromatic carbocycles. The van der Waals surface area contributed by atoms with Gasteiger partial charge in [-0.2, -0.15) is 0 Å². The Morgan fingerprint density at radius 3 is 2.71 bits per heavy atom. The molecule has 0 atom stereocenters. The minimum Gasteiger partial charge on any atom is -0.368 e. The number of benzene rings is 2. The Bertz CT molecular complexity index is 853. The van der Waals surface area contributed by atoms with E-state index in [2.05, 4.69) is 15.5 Å². The lowest BCUT2D eigenvalue weighted by Gasteiger charge is -2.08. The molecule has 122 valence electrons. The van der Waals surface area contributed by atoms with Crippen molar-refractivity contribution in [1.82, 2.24) is 14.8 Å². The first-order chi connectivity index (χ1) is 11.6. The number of para-hydroxylation sites is 1. The topological polar surface area (TPSA) is 85.8 Å². The number of hydrogen-bond donors (Lipinski definition) is 2. The number of carbonyl (C=O) groups excluding carboxylic acids is 1. The fraction of sp³-hybridized carbons (Fsp3) is 0.0625. The molecule has 0 bridgehead atoms. The van der Waals surface area contributed by atoms with E-state index in [1.807, 2.05) is 30.3 Å². The molecule has 0 aliphatic rings. The maximum atomic E-state index is 12.1. The maximum Gasteiger partial charge on any atom is 0.234 e. The molecule has 1 amide bonds. The highest BCUT2D eigenvalue weighted by Crippen LogP contribution is 2.23. The van der Waals surface area contributed by atoms with Gasteiger partial charge in [0.2, 0.25) is 11.9 Å². The van der Waals surface area contributed by atoms with E-state index in [0.717, 1.165) is 5.69 Å². The number of rotatable bonds is 5. The molecular weight excluding hydrogens is 346 g/mol. The number of halogens is 1. The Morgan fingerprint density at radius 1 is 1.17 bits per heavy atom. The van der Waals surface area contributed by atoms with Crippen molar-refractivity contribution in [3.63, 3.8) is 0 Å². The molecular formula is C16H14ClN5OS. The van der Waals surface area contributed by atoms with Gasteiger partial charge in [0, 0.05) is 10.7 Å². The number of nitrogens with zero attached hydrogens (tertiary/aromatic N) is 3. The van der Waals surface area contributed by atoms with Gasteiger partial charge < -0.3 is 11.1 Å². The van der Waals surface area contributed by atoms with Crippen LogP contribution in [0, 0.1) is 0 Å². The van der Waals surface area contributed by atoms with E-state index in [4.69, 9.17) is 17.3 Å². The van der Waals surface area contributed by atoms with Crippen LogP contribution in [0.25, 0.3) is 5.69 Å². The number of aromatic nitrogens is 3. The summed E-state index contributed by atoms with van der Waals surface area (Å²) in [6.07, 6.45) is 0. The standard InChI is InChI=1S/C16H14ClN5OS/c17-11-5-4-6-12(9-11)19-14(23)10-24-16-21-20-15(18)22(16)13-7-2-1-3-8-13/h1-9H,10H2,(H2,18,20)(H,19,23). The molecule has 0 aliphatic carbocycles. The lowest BCUT2D eigenvalue weighted by molar-refractivity contribution is -0.113. The van der Waals surface area contributed by atoms with Crippen molar-refractivity contribution in [3.8, 4) is 5.69 Å². The molecule has 3 N–H and O–H groups in total. The number of nitrogens with two attached hydrogens (primary N) is 1. The number of carbonyl (C=O) groups is 1. The fourth-order valence-electron chi connectivity index (χ4n) is 2.09. The Labute approximate surface area is 148 Å². The number of hydrogen-bond acceptors (Lipinski definition) is 5. The van der Waals surface area contributed by atoms with Gasteiger partial charge in [-0.3, -0.25) is 9.36 Å². The van der Waals surface area contributed by atoms with Crippen molar-refractivity contribution in [3.05, 3.63) is 59.6 Å². The zero-order chi connectivity index (χ0) is 16.9. The van der Waals surface area contributed by atoms with Crippen molar-refractivity contribution in [2.24, 2.45) is 0 Å². The molecule has 3 rings (SSSR count). The van der Waals surface area contributed by atoms with Crippen LogP contribution in [-0.2, 0) is 4.79 Å². The van der Waals surface area contributed by atoms with Crippen molar-refractivity contribution in [1.29, 1.82) is 0 Å². The molecule has 0 radical (unpaired) electrons. The van der Waals surface area contributed by atoms with Crippen LogP contribution in [0.3, 0.4) is 0 Å². The zero-order valence-electron chi connectivity index (χ0n) is 12.5. The van der Waals surface area contributed by atoms with E-state index >= 15 is 0 Å². The normalized spacial score (nSPS) is 10.5. The van der Waals surface area contributed by atoms with E-state index in [1.165, 1.54) is 11.8 Å². The third kappa shape index (κ3) is 3.87. The summed E-state index contributed by atoms with van der Waals surface area (Å²) in [5.41, 5.74) is 7.38. The second-order valence-electron chi connectivity index (χ2n) is 4.86. The first-order valence-corrected chi connectivity index (χ1v) is 8.44. The molecule has 0 saturated carbocycles. The molecule has 8 heteroatoms. The first-order valence-electron chi connectivity index (χ1n) is 7.08. The van der Waals surface area contributed by atoms with Crippen LogP contribution in [0.15, 0.2) is 59.8 Å². The smallest absolute Gasteiger partial charge is 0.234 e. The predicted octanol–water partition coefficient (Wildman–Crippen LogP) is 3.23. The number of nitrogen functional groups attached to an aromatic ring is 1. The number of amides is 1. The van der Waals surface area contributed by atoms with Crippen LogP contribution >= 0.6 is 23.4 Å². The third-order valence-corrected chi connectivity index (χ3v) is 4.28. The van der Waals surface area contributed by atoms with E-state index in [9.17, 15) is 4.79 Å². The average Bonchev–Trinajstić information content (AvgIpc) is 2.94. The average molecular weight is 360 g/mol. The van der Waals surface area contributed by atoms with Gasteiger partial charge in [-0.05, 0) is 30.3 Å². The fourth-order valence-corrected chi connectivity index (χ4v) is 3.04. The van der Waals surface area contributed by atoms with Crippen LogP contribution in [-0.4, -0.2) is 26.4 Å². The predicted molar refractivity (Wildman–Crippen MR) is 96.6 cm³/mol. The lowest BCUT2D eigenvalue weighted by Crippen LogP contribution is -2.14. The SMILES string of the molecule is Nc1nnc(SCC(=O)Nc2cccc(Cl)c2)n1-c1ccccc1. The summed E-state index contributed by atoms with van der Waals surface area (Å²) < 4.78 is 1.71. The van der Waals surface area contributed by atoms with Gasteiger partial charge in [0.25, 0.3) is 0 Å². The van der Waals surface area contributed by atoms with E-state index in [0.29, 0.717) is 15.9 Å². The number of thioether (sulfide) groups is 1. The Kier molecular flexibility index (Phi) is 5.02. The highest BCUT2D eigenvalue weighted by molar-refractivity contribution is 7.99. The largest absolute Gasteiger partial charge is 0.368 e. The van der Waals surface area contributed by atoms with Crippen LogP contribution in [0.2, 0.25) is 5.02 Å². The van der Waals surface area contributed by atoms with Gasteiger partial charge in [0.15, 0.2) is 5.16 Å². The second kappa shape index (κ2) is 7.37. The van der Waals surface area contributed by atoms with Crippen LogP contribution < -0.4 is 11.1 Å². The van der Waals surface area contributed by atoms with Gasteiger partial charge in [-0.25, -0.2) is 0 Å². The third-order valence-electron chi connectivity index (χ3n) is 3.11. The summed E-state index contributed by atoms with van der Waals surface area (Å²) in [6.45, 7) is 0. The summed E-state index contributed by atoms with van der Waals surface area (Å²) >= 11 is 7.16. The van der Waals surface area contributed by atoms with Gasteiger partial charge >= 0.3 is 0 Å². The molecule has 1 heterocycles. The minimum atomic E-state index is -0.163. The summed E-state index contributed by atoms with van der Waals surface area (Å²) in [4.78, 5) is 12.1. The van der Waals surface area contributed by atoms with Gasteiger partial charge in [0.1, 0.15) is 0 Å². The molecule has 24 heavy (non-hydrogen) atoms. The Balaban J connectivity index is 1.68. The molecule has 0 unspecified atom stereocenters. The molecule has 0 spiro atoms. The summed E-state index contributed by atoms with van der Waals surface area (Å²) in [7, 11) is 0. The summed E-state index contributed by atoms with van der Waals surface area (Å²) in [5.74, 6) is 0.291. The molecule has 3 aromatic rings. The van der Waals surface area contributed by atoms with Crippen LogP contribution in [0.5, 0.6) is 0 Å². The quantitative estimate of drug-likeness (QED) is 0.683. The molecule has 0 fully saturated rings. The van der Waals surface area contributed by atoms with Crippen LogP contribution in [0.4, 0.5) is 11.6 Å². The Hall–Kier alpha value is -2.51. The van der Waals surface area contributed by atoms with E-state index in [-0.39, 0.29) is 17.6 Å². The highest BCUT2D eigenvalue weighted by atomic mass is 35.5. The monoisotopic (exact) mass is 359 g/mol. The zero-order valence-corrected chi connectivity index (χ0v) is 14.1. The number of nitrogens with one attached hydrogen (secondary N) is 1.